The number of aromatic nitrogens is 3. The van der Waals surface area contributed by atoms with E-state index in [9.17, 15) is 0 Å². The van der Waals surface area contributed by atoms with Crippen LogP contribution in [-0.2, 0) is 12.9 Å². The Morgan fingerprint density at radius 2 is 2.15 bits per heavy atom. The quantitative estimate of drug-likeness (QED) is 0.684. The molecule has 72 valence electrons. The van der Waals surface area contributed by atoms with E-state index in [2.05, 4.69) is 10.3 Å². The second-order valence-corrected chi connectivity index (χ2v) is 3.93. The molecule has 1 aliphatic carbocycles. The minimum Gasteiger partial charge on any atom is -0.252 e. The predicted molar refractivity (Wildman–Crippen MR) is 51.8 cm³/mol. The zero-order valence-electron chi connectivity index (χ0n) is 7.83. The van der Waals surface area contributed by atoms with Crippen LogP contribution in [0, 0.1) is 0 Å². The molecule has 0 aromatic carbocycles. The van der Waals surface area contributed by atoms with Crippen molar-refractivity contribution in [2.24, 2.45) is 7.05 Å². The molecule has 1 aromatic rings. The number of alkyl halides is 1. The third-order valence-corrected chi connectivity index (χ3v) is 3.07. The summed E-state index contributed by atoms with van der Waals surface area (Å²) in [6.07, 6.45) is 5.20. The van der Waals surface area contributed by atoms with Gasteiger partial charge in [-0.05, 0) is 12.8 Å². The third kappa shape index (κ3) is 1.57. The van der Waals surface area contributed by atoms with Crippen LogP contribution in [0.2, 0.25) is 0 Å². The topological polar surface area (TPSA) is 30.7 Å². The molecule has 1 heterocycles. The molecular formula is C9H14ClN3. The second-order valence-electron chi connectivity index (χ2n) is 3.66. The van der Waals surface area contributed by atoms with Crippen LogP contribution in [0.5, 0.6) is 0 Å². The Kier molecular flexibility index (Phi) is 2.54. The molecule has 4 heteroatoms. The molecule has 1 aromatic heterocycles. The van der Waals surface area contributed by atoms with Gasteiger partial charge in [0.25, 0.3) is 0 Å². The Bertz CT molecular complexity index is 289. The maximum Gasteiger partial charge on any atom is 0.101 e. The van der Waals surface area contributed by atoms with Gasteiger partial charge in [0, 0.05) is 13.0 Å². The first-order valence-electron chi connectivity index (χ1n) is 4.77. The molecule has 1 saturated carbocycles. The number of nitrogens with zero attached hydrogens (tertiary/aromatic N) is 3. The highest BCUT2D eigenvalue weighted by Crippen LogP contribution is 2.35. The van der Waals surface area contributed by atoms with E-state index in [-0.39, 0.29) is 0 Å². The summed E-state index contributed by atoms with van der Waals surface area (Å²) in [6, 6.07) is 0. The summed E-state index contributed by atoms with van der Waals surface area (Å²) in [5.74, 6) is 1.13. The van der Waals surface area contributed by atoms with Gasteiger partial charge in [-0.3, -0.25) is 4.68 Å². The molecule has 0 atom stereocenters. The van der Waals surface area contributed by atoms with Gasteiger partial charge in [-0.25, -0.2) is 0 Å². The normalized spacial score (nSPS) is 18.3. The zero-order valence-corrected chi connectivity index (χ0v) is 8.59. The van der Waals surface area contributed by atoms with Crippen molar-refractivity contribution in [2.45, 2.75) is 37.5 Å². The van der Waals surface area contributed by atoms with Gasteiger partial charge < -0.3 is 0 Å². The Balaban J connectivity index is 2.30. The number of aryl methyl sites for hydroxylation is 1. The van der Waals surface area contributed by atoms with Gasteiger partial charge in [0.2, 0.25) is 0 Å². The standard InChI is InChI=1S/C9H14ClN3/c1-13-9(7-4-2-3-5-7)8(6-10)11-12-13/h7H,2-6H2,1H3. The number of rotatable bonds is 2. The van der Waals surface area contributed by atoms with Gasteiger partial charge in [-0.1, -0.05) is 18.1 Å². The van der Waals surface area contributed by atoms with E-state index >= 15 is 0 Å². The van der Waals surface area contributed by atoms with Gasteiger partial charge in [-0.2, -0.15) is 0 Å². The average molecular weight is 200 g/mol. The van der Waals surface area contributed by atoms with Crippen molar-refractivity contribution in [3.8, 4) is 0 Å². The van der Waals surface area contributed by atoms with Crippen molar-refractivity contribution in [1.82, 2.24) is 15.0 Å². The van der Waals surface area contributed by atoms with Crippen LogP contribution in [0.4, 0.5) is 0 Å². The second kappa shape index (κ2) is 3.66. The fourth-order valence-corrected chi connectivity index (χ4v) is 2.39. The molecule has 0 unspecified atom stereocenters. The molecule has 13 heavy (non-hydrogen) atoms. The first-order chi connectivity index (χ1) is 6.33. The van der Waals surface area contributed by atoms with Gasteiger partial charge in [0.05, 0.1) is 11.6 Å². The van der Waals surface area contributed by atoms with Gasteiger partial charge in [0.15, 0.2) is 0 Å². The Labute approximate surface area is 83.1 Å². The lowest BCUT2D eigenvalue weighted by molar-refractivity contribution is 0.605. The van der Waals surface area contributed by atoms with Crippen molar-refractivity contribution in [2.75, 3.05) is 0 Å². The minimum absolute atomic E-state index is 0.486. The predicted octanol–water partition coefficient (Wildman–Crippen LogP) is 2.21. The lowest BCUT2D eigenvalue weighted by Gasteiger charge is -2.09. The lowest BCUT2D eigenvalue weighted by atomic mass is 10.0. The lowest BCUT2D eigenvalue weighted by Crippen LogP contribution is -2.04. The molecule has 0 N–H and O–H groups in total. The van der Waals surface area contributed by atoms with Crippen molar-refractivity contribution in [1.29, 1.82) is 0 Å². The third-order valence-electron chi connectivity index (χ3n) is 2.81. The van der Waals surface area contributed by atoms with E-state index in [0.29, 0.717) is 11.8 Å². The van der Waals surface area contributed by atoms with Crippen molar-refractivity contribution < 1.29 is 0 Å². The van der Waals surface area contributed by atoms with E-state index < -0.39 is 0 Å². The van der Waals surface area contributed by atoms with Crippen molar-refractivity contribution >= 4 is 11.6 Å². The van der Waals surface area contributed by atoms with E-state index in [1.54, 1.807) is 0 Å². The molecule has 0 radical (unpaired) electrons. The fourth-order valence-electron chi connectivity index (χ4n) is 2.20. The molecule has 1 aliphatic rings. The maximum absolute atomic E-state index is 5.81. The molecule has 0 amide bonds. The average Bonchev–Trinajstić information content (AvgIpc) is 2.72. The van der Waals surface area contributed by atoms with E-state index in [1.807, 2.05) is 11.7 Å². The Hall–Kier alpha value is -0.570. The monoisotopic (exact) mass is 199 g/mol. The molecule has 3 nitrogen and oxygen atoms in total. The van der Waals surface area contributed by atoms with Crippen LogP contribution in [-0.4, -0.2) is 15.0 Å². The summed E-state index contributed by atoms with van der Waals surface area (Å²) in [5, 5.41) is 8.07. The largest absolute Gasteiger partial charge is 0.252 e. The van der Waals surface area contributed by atoms with Crippen LogP contribution >= 0.6 is 11.6 Å². The fraction of sp³-hybridized carbons (Fsp3) is 0.778. The van der Waals surface area contributed by atoms with Gasteiger partial charge >= 0.3 is 0 Å². The van der Waals surface area contributed by atoms with Crippen LogP contribution in [0.15, 0.2) is 0 Å². The summed E-state index contributed by atoms with van der Waals surface area (Å²) in [5.41, 5.74) is 2.23. The molecule has 0 spiro atoms. The SMILES string of the molecule is Cn1nnc(CCl)c1C1CCCC1. The highest BCUT2D eigenvalue weighted by Gasteiger charge is 2.23. The molecular weight excluding hydrogens is 186 g/mol. The van der Waals surface area contributed by atoms with E-state index in [4.69, 9.17) is 11.6 Å². The molecule has 0 aliphatic heterocycles. The smallest absolute Gasteiger partial charge is 0.101 e. The van der Waals surface area contributed by atoms with Crippen LogP contribution in [0.3, 0.4) is 0 Å². The first kappa shape index (κ1) is 9.00. The maximum atomic E-state index is 5.81. The minimum atomic E-state index is 0.486. The van der Waals surface area contributed by atoms with Crippen LogP contribution < -0.4 is 0 Å². The van der Waals surface area contributed by atoms with E-state index in [0.717, 1.165) is 5.69 Å². The first-order valence-corrected chi connectivity index (χ1v) is 5.30. The number of hydrogen-bond acceptors (Lipinski definition) is 2. The highest BCUT2D eigenvalue weighted by molar-refractivity contribution is 6.16. The highest BCUT2D eigenvalue weighted by atomic mass is 35.5. The van der Waals surface area contributed by atoms with Crippen LogP contribution in [0.1, 0.15) is 43.0 Å². The van der Waals surface area contributed by atoms with Crippen LogP contribution in [0.25, 0.3) is 0 Å². The summed E-state index contributed by atoms with van der Waals surface area (Å²) in [6.45, 7) is 0. The molecule has 2 rings (SSSR count). The summed E-state index contributed by atoms with van der Waals surface area (Å²) in [4.78, 5) is 0. The number of halogens is 1. The summed E-state index contributed by atoms with van der Waals surface area (Å²) < 4.78 is 1.88. The molecule has 0 bridgehead atoms. The zero-order chi connectivity index (χ0) is 9.26. The number of hydrogen-bond donors (Lipinski definition) is 0. The molecule has 0 saturated heterocycles. The Morgan fingerprint density at radius 3 is 2.77 bits per heavy atom. The summed E-state index contributed by atoms with van der Waals surface area (Å²) >= 11 is 5.81. The summed E-state index contributed by atoms with van der Waals surface area (Å²) in [7, 11) is 1.96. The van der Waals surface area contributed by atoms with Gasteiger partial charge in [-0.15, -0.1) is 16.7 Å². The molecule has 1 fully saturated rings. The van der Waals surface area contributed by atoms with E-state index in [1.165, 1.54) is 31.4 Å². The van der Waals surface area contributed by atoms with Gasteiger partial charge in [0.1, 0.15) is 5.69 Å². The van der Waals surface area contributed by atoms with Crippen molar-refractivity contribution in [3.05, 3.63) is 11.4 Å². The van der Waals surface area contributed by atoms with Crippen molar-refractivity contribution in [3.63, 3.8) is 0 Å². The Morgan fingerprint density at radius 1 is 1.46 bits per heavy atom.